The number of aromatic amines is 1. The van der Waals surface area contributed by atoms with Gasteiger partial charge in [0.2, 0.25) is 0 Å². The van der Waals surface area contributed by atoms with Crippen LogP contribution >= 0.6 is 0 Å². The maximum atomic E-state index is 13.2. The maximum Gasteiger partial charge on any atom is 0.262 e. The summed E-state index contributed by atoms with van der Waals surface area (Å²) in [5, 5.41) is 15.1. The molecule has 2 aliphatic heterocycles. The Kier molecular flexibility index (Phi) is 6.56. The first kappa shape index (κ1) is 23.9. The van der Waals surface area contributed by atoms with Crippen molar-refractivity contribution in [2.75, 3.05) is 46.0 Å². The maximum absolute atomic E-state index is 13.2. The highest BCUT2D eigenvalue weighted by Gasteiger charge is 2.27. The third-order valence-corrected chi connectivity index (χ3v) is 7.55. The van der Waals surface area contributed by atoms with Crippen LogP contribution in [0.2, 0.25) is 0 Å². The van der Waals surface area contributed by atoms with E-state index >= 15 is 0 Å². The van der Waals surface area contributed by atoms with Gasteiger partial charge in [0.15, 0.2) is 0 Å². The zero-order valence-electron chi connectivity index (χ0n) is 20.8. The lowest BCUT2D eigenvalue weighted by atomic mass is 9.88. The van der Waals surface area contributed by atoms with Crippen molar-refractivity contribution in [3.05, 3.63) is 51.8 Å². The number of carbonyl (C=O) groups excluding carboxylic acids is 1. The number of amides is 1. The molecule has 3 aromatic rings. The van der Waals surface area contributed by atoms with Crippen molar-refractivity contribution in [2.24, 2.45) is 5.92 Å². The van der Waals surface area contributed by atoms with Crippen LogP contribution in [0.4, 0.5) is 0 Å². The highest BCUT2D eigenvalue weighted by Crippen LogP contribution is 2.41. The van der Waals surface area contributed by atoms with E-state index in [-0.39, 0.29) is 23.1 Å². The number of aromatic hydroxyl groups is 1. The molecule has 37 heavy (non-hydrogen) atoms. The fourth-order valence-electron chi connectivity index (χ4n) is 5.27. The summed E-state index contributed by atoms with van der Waals surface area (Å²) in [6.45, 7) is 4.21. The number of hydrogen-bond donors (Lipinski definition) is 3. The molecule has 9 nitrogen and oxygen atoms in total. The van der Waals surface area contributed by atoms with Crippen LogP contribution in [0.25, 0.3) is 22.3 Å². The van der Waals surface area contributed by atoms with Crippen molar-refractivity contribution in [1.29, 1.82) is 0 Å². The Balaban J connectivity index is 1.48. The molecule has 1 amide bonds. The molecule has 4 heterocycles. The van der Waals surface area contributed by atoms with Gasteiger partial charge in [-0.1, -0.05) is 6.07 Å². The summed E-state index contributed by atoms with van der Waals surface area (Å²) < 4.78 is 11.5. The number of hydrogen-bond acceptors (Lipinski definition) is 7. The molecule has 0 spiro atoms. The number of pyridine rings is 2. The monoisotopic (exact) mass is 504 g/mol. The van der Waals surface area contributed by atoms with E-state index < -0.39 is 5.56 Å². The minimum Gasteiger partial charge on any atom is -0.507 e. The predicted molar refractivity (Wildman–Crippen MR) is 139 cm³/mol. The average molecular weight is 505 g/mol. The summed E-state index contributed by atoms with van der Waals surface area (Å²) in [6.07, 6.45) is 4.32. The van der Waals surface area contributed by atoms with E-state index in [4.69, 9.17) is 14.5 Å². The number of phenols is 1. The van der Waals surface area contributed by atoms with E-state index in [1.807, 2.05) is 12.1 Å². The van der Waals surface area contributed by atoms with Crippen LogP contribution in [0.3, 0.4) is 0 Å². The molecule has 2 aromatic heterocycles. The third-order valence-electron chi connectivity index (χ3n) is 7.55. The number of nitrogens with zero attached hydrogens (tertiary/aromatic N) is 2. The molecular formula is C28H32N4O5. The summed E-state index contributed by atoms with van der Waals surface area (Å²) in [6, 6.07) is 8.92. The van der Waals surface area contributed by atoms with E-state index in [0.717, 1.165) is 49.7 Å². The summed E-state index contributed by atoms with van der Waals surface area (Å²) in [5.41, 5.74) is 2.10. The van der Waals surface area contributed by atoms with Crippen molar-refractivity contribution < 1.29 is 19.4 Å². The zero-order valence-corrected chi connectivity index (χ0v) is 20.8. The van der Waals surface area contributed by atoms with Crippen molar-refractivity contribution in [3.8, 4) is 22.8 Å². The van der Waals surface area contributed by atoms with Crippen LogP contribution in [-0.4, -0.2) is 71.9 Å². The molecule has 1 atom stereocenters. The largest absolute Gasteiger partial charge is 0.507 e. The van der Waals surface area contributed by atoms with E-state index in [1.165, 1.54) is 0 Å². The number of piperidine rings is 1. The minimum absolute atomic E-state index is 0.0781. The average Bonchev–Trinajstić information content (AvgIpc) is 3.76. The van der Waals surface area contributed by atoms with Gasteiger partial charge >= 0.3 is 0 Å². The number of carbonyl (C=O) groups is 1. The van der Waals surface area contributed by atoms with Crippen LogP contribution < -0.4 is 15.6 Å². The first-order valence-electron chi connectivity index (χ1n) is 13.2. The van der Waals surface area contributed by atoms with Crippen molar-refractivity contribution in [3.63, 3.8) is 0 Å². The number of phenolic OH excluding ortho intramolecular Hbond substituents is 1. The van der Waals surface area contributed by atoms with Gasteiger partial charge in [-0.2, -0.15) is 0 Å². The second kappa shape index (κ2) is 10.1. The van der Waals surface area contributed by atoms with Crippen LogP contribution in [-0.2, 0) is 4.74 Å². The van der Waals surface area contributed by atoms with Crippen LogP contribution in [0.15, 0.2) is 35.1 Å². The SMILES string of the molecule is O=C(c1cc2c(C3CCCNC3)cc(-c3c(O)cccc3OCC3CC3)nc2[nH]c1=O)N1CCOCC1. The number of benzene rings is 1. The summed E-state index contributed by atoms with van der Waals surface area (Å²) in [7, 11) is 0. The molecule has 3 fully saturated rings. The van der Waals surface area contributed by atoms with Gasteiger partial charge in [-0.3, -0.25) is 9.59 Å². The lowest BCUT2D eigenvalue weighted by Crippen LogP contribution is -2.42. The Hall–Kier alpha value is -3.43. The first-order valence-corrected chi connectivity index (χ1v) is 13.2. The van der Waals surface area contributed by atoms with Gasteiger partial charge in [0.25, 0.3) is 11.5 Å². The Morgan fingerprint density at radius 1 is 1.19 bits per heavy atom. The molecule has 3 aliphatic rings. The Bertz CT molecular complexity index is 1370. The van der Waals surface area contributed by atoms with Gasteiger partial charge in [-0.05, 0) is 73.9 Å². The molecular weight excluding hydrogens is 472 g/mol. The molecule has 1 aromatic carbocycles. The van der Waals surface area contributed by atoms with Gasteiger partial charge in [-0.25, -0.2) is 4.98 Å². The lowest BCUT2D eigenvalue weighted by Gasteiger charge is -2.27. The number of fused-ring (bicyclic) bond motifs is 1. The fourth-order valence-corrected chi connectivity index (χ4v) is 5.27. The fraction of sp³-hybridized carbons (Fsp3) is 0.464. The molecule has 9 heteroatoms. The smallest absolute Gasteiger partial charge is 0.262 e. The van der Waals surface area contributed by atoms with Gasteiger partial charge in [0.1, 0.15) is 22.7 Å². The van der Waals surface area contributed by atoms with Crippen LogP contribution in [0.5, 0.6) is 11.5 Å². The normalized spacial score (nSPS) is 20.2. The van der Waals surface area contributed by atoms with E-state index in [2.05, 4.69) is 10.3 Å². The highest BCUT2D eigenvalue weighted by molar-refractivity contribution is 5.98. The van der Waals surface area contributed by atoms with Gasteiger partial charge < -0.3 is 29.8 Å². The number of aromatic nitrogens is 2. The topological polar surface area (TPSA) is 117 Å². The Morgan fingerprint density at radius 3 is 2.78 bits per heavy atom. The Labute approximate surface area is 214 Å². The highest BCUT2D eigenvalue weighted by atomic mass is 16.5. The minimum atomic E-state index is -0.469. The number of H-pyrrole nitrogens is 1. The summed E-state index contributed by atoms with van der Waals surface area (Å²) in [4.78, 5) is 35.7. The predicted octanol–water partition coefficient (Wildman–Crippen LogP) is 3.02. The molecule has 2 saturated heterocycles. The van der Waals surface area contributed by atoms with E-state index in [0.29, 0.717) is 61.5 Å². The second-order valence-electron chi connectivity index (χ2n) is 10.2. The van der Waals surface area contributed by atoms with Crippen molar-refractivity contribution in [1.82, 2.24) is 20.2 Å². The molecule has 194 valence electrons. The quantitative estimate of drug-likeness (QED) is 0.472. The molecule has 0 bridgehead atoms. The van der Waals surface area contributed by atoms with Gasteiger partial charge in [-0.15, -0.1) is 0 Å². The van der Waals surface area contributed by atoms with Crippen LogP contribution in [0, 0.1) is 5.92 Å². The number of morpholine rings is 1. The van der Waals surface area contributed by atoms with E-state index in [9.17, 15) is 14.7 Å². The second-order valence-corrected chi connectivity index (χ2v) is 10.2. The Morgan fingerprint density at radius 2 is 2.03 bits per heavy atom. The summed E-state index contributed by atoms with van der Waals surface area (Å²) in [5.74, 6) is 1.10. The first-order chi connectivity index (χ1) is 18.1. The third kappa shape index (κ3) is 4.93. The number of ether oxygens (including phenoxy) is 2. The van der Waals surface area contributed by atoms with E-state index in [1.54, 1.807) is 23.1 Å². The summed E-state index contributed by atoms with van der Waals surface area (Å²) >= 11 is 0. The molecule has 1 aliphatic carbocycles. The lowest BCUT2D eigenvalue weighted by molar-refractivity contribution is 0.0302. The molecule has 3 N–H and O–H groups in total. The molecule has 1 unspecified atom stereocenters. The number of nitrogens with one attached hydrogen (secondary N) is 2. The van der Waals surface area contributed by atoms with Crippen molar-refractivity contribution in [2.45, 2.75) is 31.6 Å². The molecule has 0 radical (unpaired) electrons. The molecule has 6 rings (SSSR count). The van der Waals surface area contributed by atoms with Crippen LogP contribution in [0.1, 0.15) is 47.5 Å². The van der Waals surface area contributed by atoms with Gasteiger partial charge in [0.05, 0.1) is 31.1 Å². The standard InChI is InChI=1S/C28H32N4O5/c33-23-4-1-5-24(37-16-17-6-7-17)25(23)22-14-19(18-3-2-8-29-15-18)20-13-21(27(34)31-26(20)30-22)28(35)32-9-11-36-12-10-32/h1,4-5,13-14,17-18,29,33H,2-3,6-12,15-16H2,(H,30,31,34). The number of rotatable bonds is 6. The zero-order chi connectivity index (χ0) is 25.4. The van der Waals surface area contributed by atoms with Gasteiger partial charge in [0, 0.05) is 25.0 Å². The molecule has 1 saturated carbocycles. The van der Waals surface area contributed by atoms with Crippen molar-refractivity contribution >= 4 is 16.9 Å².